The molecular weight excluding hydrogens is 697 g/mol. The van der Waals surface area contributed by atoms with Gasteiger partial charge in [-0.2, -0.15) is 10.5 Å². The summed E-state index contributed by atoms with van der Waals surface area (Å²) >= 11 is 0. The molecule has 2 aliphatic heterocycles. The Labute approximate surface area is 331 Å². The minimum atomic E-state index is -0.0473. The number of hydrogen-bond donors (Lipinski definition) is 0. The Morgan fingerprint density at radius 3 is 1.77 bits per heavy atom. The number of ketones is 2. The molecule has 4 fully saturated rings. The highest BCUT2D eigenvalue weighted by atomic mass is 16.5. The summed E-state index contributed by atoms with van der Waals surface area (Å²) in [6, 6.07) is 25.4. The Bertz CT molecular complexity index is 2210. The summed E-state index contributed by atoms with van der Waals surface area (Å²) < 4.78 is 11.1. The quantitative estimate of drug-likeness (QED) is 0.132. The minimum absolute atomic E-state index is 0.0189. The summed E-state index contributed by atoms with van der Waals surface area (Å²) in [5, 5.41) is 22.8. The molecule has 0 bridgehead atoms. The van der Waals surface area contributed by atoms with Crippen molar-refractivity contribution in [2.75, 3.05) is 40.4 Å². The number of fused-ring (bicyclic) bond motifs is 2. The SMILES string of the molecule is COc1ccc2cc(C(=O)[C@H]3CN(C4CC(C[C@H]5CCN(C6CCC6)C[C@H]5C(=O)c5ccc6c(CC#N)c(OC)ccc6c5)C4)CC[C@H]3C)ccc2c1CC#N. The van der Waals surface area contributed by atoms with Gasteiger partial charge in [0.15, 0.2) is 11.6 Å². The molecule has 4 atom stereocenters. The van der Waals surface area contributed by atoms with E-state index in [1.165, 1.54) is 19.3 Å². The highest BCUT2D eigenvalue weighted by Gasteiger charge is 2.44. The average Bonchev–Trinajstić information content (AvgIpc) is 3.18. The summed E-state index contributed by atoms with van der Waals surface area (Å²) in [6.45, 7) is 5.98. The lowest BCUT2D eigenvalue weighted by Crippen LogP contribution is -2.53. The van der Waals surface area contributed by atoms with Crippen molar-refractivity contribution in [3.05, 3.63) is 82.9 Å². The molecule has 8 nitrogen and oxygen atoms in total. The molecule has 4 aromatic rings. The number of likely N-dealkylation sites (tertiary alicyclic amines) is 2. The fourth-order valence-corrected chi connectivity index (χ4v) is 10.5. The predicted molar refractivity (Wildman–Crippen MR) is 219 cm³/mol. The zero-order valence-corrected chi connectivity index (χ0v) is 33.1. The van der Waals surface area contributed by atoms with Crippen LogP contribution in [0.15, 0.2) is 60.7 Å². The van der Waals surface area contributed by atoms with Crippen molar-refractivity contribution in [3.8, 4) is 23.6 Å². The zero-order valence-electron chi connectivity index (χ0n) is 33.1. The van der Waals surface area contributed by atoms with Crippen molar-refractivity contribution in [2.45, 2.75) is 83.2 Å². The number of nitrogens with zero attached hydrogens (tertiary/aromatic N) is 4. The number of benzene rings is 4. The van der Waals surface area contributed by atoms with Gasteiger partial charge in [-0.3, -0.25) is 19.4 Å². The molecule has 8 heteroatoms. The molecule has 290 valence electrons. The van der Waals surface area contributed by atoms with E-state index in [0.29, 0.717) is 41.3 Å². The van der Waals surface area contributed by atoms with Crippen molar-refractivity contribution in [3.63, 3.8) is 0 Å². The molecule has 2 heterocycles. The Morgan fingerprint density at radius 1 is 0.696 bits per heavy atom. The maximum absolute atomic E-state index is 14.5. The number of rotatable bonds is 12. The van der Waals surface area contributed by atoms with Crippen LogP contribution in [-0.4, -0.2) is 73.8 Å². The number of methoxy groups -OCH3 is 2. The highest BCUT2D eigenvalue weighted by Crippen LogP contribution is 2.44. The predicted octanol–water partition coefficient (Wildman–Crippen LogP) is 8.83. The van der Waals surface area contributed by atoms with E-state index in [2.05, 4.69) is 28.9 Å². The highest BCUT2D eigenvalue weighted by molar-refractivity contribution is 6.03. The van der Waals surface area contributed by atoms with Crippen LogP contribution >= 0.6 is 0 Å². The molecule has 8 rings (SSSR count). The molecule has 2 saturated heterocycles. The first-order valence-electron chi connectivity index (χ1n) is 20.8. The Kier molecular flexibility index (Phi) is 11.2. The second kappa shape index (κ2) is 16.4. The molecule has 2 aliphatic carbocycles. The van der Waals surface area contributed by atoms with Crippen molar-refractivity contribution < 1.29 is 19.1 Å². The van der Waals surface area contributed by atoms with Gasteiger partial charge in [0.05, 0.1) is 39.2 Å². The maximum Gasteiger partial charge on any atom is 0.167 e. The van der Waals surface area contributed by atoms with Crippen LogP contribution in [0, 0.1) is 52.3 Å². The lowest BCUT2D eigenvalue weighted by Gasteiger charge is -2.50. The first-order valence-corrected chi connectivity index (χ1v) is 20.8. The molecular formula is C48H54N4O4. The van der Waals surface area contributed by atoms with Crippen LogP contribution in [0.3, 0.4) is 0 Å². The van der Waals surface area contributed by atoms with Crippen LogP contribution in [0.5, 0.6) is 11.5 Å². The summed E-state index contributed by atoms with van der Waals surface area (Å²) in [5.74, 6) is 3.10. The van der Waals surface area contributed by atoms with Crippen molar-refractivity contribution in [1.29, 1.82) is 10.5 Å². The van der Waals surface area contributed by atoms with Gasteiger partial charge in [-0.25, -0.2) is 0 Å². The molecule has 56 heavy (non-hydrogen) atoms. The summed E-state index contributed by atoms with van der Waals surface area (Å²) in [6.07, 6.45) is 9.74. The van der Waals surface area contributed by atoms with E-state index >= 15 is 0 Å². The van der Waals surface area contributed by atoms with Gasteiger partial charge < -0.3 is 9.47 Å². The van der Waals surface area contributed by atoms with Gasteiger partial charge in [0.2, 0.25) is 0 Å². The van der Waals surface area contributed by atoms with Crippen LogP contribution in [0.25, 0.3) is 21.5 Å². The normalized spacial score (nSPS) is 25.8. The summed E-state index contributed by atoms with van der Waals surface area (Å²) in [5.41, 5.74) is 3.25. The third-order valence-corrected chi connectivity index (χ3v) is 14.1. The van der Waals surface area contributed by atoms with Crippen LogP contribution in [-0.2, 0) is 12.8 Å². The van der Waals surface area contributed by atoms with E-state index < -0.39 is 0 Å². The Hall–Kier alpha value is -4.76. The lowest BCUT2D eigenvalue weighted by molar-refractivity contribution is 0.00236. The third kappa shape index (κ3) is 7.31. The molecule has 0 amide bonds. The van der Waals surface area contributed by atoms with E-state index in [-0.39, 0.29) is 36.2 Å². The number of carbonyl (C=O) groups excluding carboxylic acids is 2. The van der Waals surface area contributed by atoms with Gasteiger partial charge in [-0.15, -0.1) is 0 Å². The number of hydrogen-bond acceptors (Lipinski definition) is 8. The van der Waals surface area contributed by atoms with Gasteiger partial charge in [0.1, 0.15) is 11.5 Å². The van der Waals surface area contributed by atoms with Gasteiger partial charge in [-0.1, -0.05) is 49.7 Å². The fourth-order valence-electron chi connectivity index (χ4n) is 10.5. The van der Waals surface area contributed by atoms with Crippen molar-refractivity contribution >= 4 is 33.1 Å². The molecule has 4 aliphatic rings. The summed E-state index contributed by atoms with van der Waals surface area (Å²) in [4.78, 5) is 33.8. The minimum Gasteiger partial charge on any atom is -0.496 e. The number of nitriles is 2. The van der Waals surface area contributed by atoms with Gasteiger partial charge in [0.25, 0.3) is 0 Å². The van der Waals surface area contributed by atoms with E-state index in [1.807, 2.05) is 60.7 Å². The fraction of sp³-hybridized carbons (Fsp3) is 0.500. The monoisotopic (exact) mass is 750 g/mol. The average molecular weight is 751 g/mol. The molecule has 2 saturated carbocycles. The van der Waals surface area contributed by atoms with Crippen molar-refractivity contribution in [1.82, 2.24) is 9.80 Å². The van der Waals surface area contributed by atoms with Gasteiger partial charge in [-0.05, 0) is 122 Å². The second-order valence-electron chi connectivity index (χ2n) is 17.1. The molecule has 4 aromatic carbocycles. The zero-order chi connectivity index (χ0) is 38.9. The summed E-state index contributed by atoms with van der Waals surface area (Å²) in [7, 11) is 3.25. The van der Waals surface area contributed by atoms with E-state index in [9.17, 15) is 20.1 Å². The molecule has 0 aromatic heterocycles. The number of carbonyl (C=O) groups is 2. The first kappa shape index (κ1) is 38.1. The van der Waals surface area contributed by atoms with Crippen LogP contribution in [0.2, 0.25) is 0 Å². The standard InChI is InChI=1S/C48H54N4O4/c1-30-17-21-52(28-43(30)47(53)35-7-11-39-32(26-35)9-13-45(55-2)41(39)15-19-49)38-24-31(25-38)23-34-18-22-51(37-5-4-6-37)29-44(34)48(54)36-8-12-40-33(27-36)10-14-46(56-3)42(40)16-20-50/h7-14,26-27,30-31,34,37-38,43-44H,4-6,15-18,21-25,28-29H2,1-3H3/t30-,31?,34-,38?,43+,44-/m1/s1. The lowest BCUT2D eigenvalue weighted by atomic mass is 9.68. The number of piperidine rings is 2. The van der Waals surface area contributed by atoms with Crippen LogP contribution < -0.4 is 9.47 Å². The van der Waals surface area contributed by atoms with Gasteiger partial charge in [0, 0.05) is 59.3 Å². The van der Waals surface area contributed by atoms with E-state index in [4.69, 9.17) is 9.47 Å². The molecule has 0 N–H and O–H groups in total. The largest absolute Gasteiger partial charge is 0.496 e. The first-order chi connectivity index (χ1) is 27.3. The second-order valence-corrected chi connectivity index (χ2v) is 17.1. The topological polar surface area (TPSA) is 107 Å². The molecule has 0 unspecified atom stereocenters. The number of Topliss-reactive ketones (excluding diaryl/α,β-unsaturated/α-hetero) is 2. The Balaban J connectivity index is 0.935. The van der Waals surface area contributed by atoms with Gasteiger partial charge >= 0.3 is 0 Å². The smallest absolute Gasteiger partial charge is 0.167 e. The number of ether oxygens (including phenoxy) is 2. The van der Waals surface area contributed by atoms with Crippen LogP contribution in [0.4, 0.5) is 0 Å². The third-order valence-electron chi connectivity index (χ3n) is 14.1. The van der Waals surface area contributed by atoms with Crippen LogP contribution in [0.1, 0.15) is 90.1 Å². The Morgan fingerprint density at radius 2 is 1.23 bits per heavy atom. The molecule has 0 spiro atoms. The van der Waals surface area contributed by atoms with Crippen molar-refractivity contribution in [2.24, 2.45) is 29.6 Å². The molecule has 0 radical (unpaired) electrons. The maximum atomic E-state index is 14.5. The van der Waals surface area contributed by atoms with E-state index in [1.54, 1.807) is 14.2 Å². The van der Waals surface area contributed by atoms with E-state index in [0.717, 1.165) is 102 Å².